The first kappa shape index (κ1) is 15.0. The summed E-state index contributed by atoms with van der Waals surface area (Å²) >= 11 is 0. The molecule has 18 heavy (non-hydrogen) atoms. The van der Waals surface area contributed by atoms with E-state index in [1.165, 1.54) is 0 Å². The summed E-state index contributed by atoms with van der Waals surface area (Å²) in [7, 11) is -3.65. The van der Waals surface area contributed by atoms with Crippen molar-refractivity contribution in [3.8, 4) is 0 Å². The first-order valence-corrected chi connectivity index (χ1v) is 7.35. The van der Waals surface area contributed by atoms with Gasteiger partial charge in [0.15, 0.2) is 0 Å². The molecule has 5 nitrogen and oxygen atoms in total. The van der Waals surface area contributed by atoms with Crippen molar-refractivity contribution >= 4 is 10.0 Å². The highest BCUT2D eigenvalue weighted by atomic mass is 32.2. The molecule has 0 aliphatic carbocycles. The molecule has 0 amide bonds. The highest BCUT2D eigenvalue weighted by molar-refractivity contribution is 7.89. The molecule has 0 radical (unpaired) electrons. The van der Waals surface area contributed by atoms with Crippen LogP contribution in [0.15, 0.2) is 23.4 Å². The zero-order valence-electron chi connectivity index (χ0n) is 10.1. The van der Waals surface area contributed by atoms with Crippen molar-refractivity contribution in [1.82, 2.24) is 9.71 Å². The second-order valence-electron chi connectivity index (χ2n) is 3.94. The molecule has 0 aliphatic rings. The van der Waals surface area contributed by atoms with Crippen molar-refractivity contribution in [2.45, 2.75) is 30.6 Å². The number of pyridine rings is 1. The van der Waals surface area contributed by atoms with E-state index in [0.29, 0.717) is 13.1 Å². The molecule has 7 heteroatoms. The van der Waals surface area contributed by atoms with Gasteiger partial charge in [-0.3, -0.25) is 4.98 Å². The van der Waals surface area contributed by atoms with Gasteiger partial charge in [0, 0.05) is 12.7 Å². The van der Waals surface area contributed by atoms with Gasteiger partial charge < -0.3 is 5.73 Å². The lowest BCUT2D eigenvalue weighted by molar-refractivity contribution is 0.568. The summed E-state index contributed by atoms with van der Waals surface area (Å²) < 4.78 is 38.7. The van der Waals surface area contributed by atoms with E-state index in [4.69, 9.17) is 5.73 Å². The summed E-state index contributed by atoms with van der Waals surface area (Å²) in [5, 5.41) is 0. The van der Waals surface area contributed by atoms with Crippen LogP contribution in [0.5, 0.6) is 0 Å². The molecule has 1 rings (SSSR count). The Morgan fingerprint density at radius 2 is 1.94 bits per heavy atom. The van der Waals surface area contributed by atoms with Gasteiger partial charge in [-0.05, 0) is 25.5 Å². The van der Waals surface area contributed by atoms with E-state index in [2.05, 4.69) is 9.71 Å². The molecular weight excluding hydrogens is 257 g/mol. The fourth-order valence-corrected chi connectivity index (χ4v) is 2.50. The third-order valence-corrected chi connectivity index (χ3v) is 3.84. The fraction of sp³-hybridized carbons (Fsp3) is 0.545. The lowest BCUT2D eigenvalue weighted by Crippen LogP contribution is -2.25. The Hall–Kier alpha value is -1.05. The van der Waals surface area contributed by atoms with Gasteiger partial charge in [-0.1, -0.05) is 12.8 Å². The number of rotatable bonds is 8. The normalized spacial score (nSPS) is 11.7. The number of halogens is 1. The third-order valence-electron chi connectivity index (χ3n) is 2.41. The minimum atomic E-state index is -3.65. The van der Waals surface area contributed by atoms with Crippen LogP contribution in [0.4, 0.5) is 4.39 Å². The van der Waals surface area contributed by atoms with Gasteiger partial charge in [-0.15, -0.1) is 0 Å². The highest BCUT2D eigenvalue weighted by Gasteiger charge is 2.14. The first-order valence-electron chi connectivity index (χ1n) is 5.86. The number of hydrogen-bond acceptors (Lipinski definition) is 4. The maximum atomic E-state index is 12.9. The Kier molecular flexibility index (Phi) is 6.17. The second kappa shape index (κ2) is 7.40. The molecule has 0 atom stereocenters. The highest BCUT2D eigenvalue weighted by Crippen LogP contribution is 2.08. The second-order valence-corrected chi connectivity index (χ2v) is 5.71. The van der Waals surface area contributed by atoms with Crippen LogP contribution < -0.4 is 10.5 Å². The molecule has 0 bridgehead atoms. The lowest BCUT2D eigenvalue weighted by Gasteiger charge is -2.06. The van der Waals surface area contributed by atoms with Crippen molar-refractivity contribution in [2.24, 2.45) is 5.73 Å². The van der Waals surface area contributed by atoms with Gasteiger partial charge in [-0.25, -0.2) is 17.5 Å². The lowest BCUT2D eigenvalue weighted by atomic mass is 10.2. The van der Waals surface area contributed by atoms with Crippen molar-refractivity contribution < 1.29 is 12.8 Å². The predicted octanol–water partition coefficient (Wildman–Crippen LogP) is 1.02. The minimum absolute atomic E-state index is 0.149. The van der Waals surface area contributed by atoms with Gasteiger partial charge in [0.05, 0.1) is 6.20 Å². The summed E-state index contributed by atoms with van der Waals surface area (Å²) in [5.74, 6) is -0.666. The van der Waals surface area contributed by atoms with Crippen LogP contribution in [-0.2, 0) is 10.0 Å². The average molecular weight is 275 g/mol. The Morgan fingerprint density at radius 3 is 2.61 bits per heavy atom. The van der Waals surface area contributed by atoms with Crippen LogP contribution in [0, 0.1) is 5.82 Å². The fourth-order valence-electron chi connectivity index (χ4n) is 1.45. The number of sulfonamides is 1. The molecule has 1 aromatic heterocycles. The average Bonchev–Trinajstić information content (AvgIpc) is 2.33. The van der Waals surface area contributed by atoms with Crippen molar-refractivity contribution in [3.63, 3.8) is 0 Å². The Morgan fingerprint density at radius 1 is 1.22 bits per heavy atom. The smallest absolute Gasteiger partial charge is 0.242 e. The maximum absolute atomic E-state index is 12.9. The molecule has 102 valence electrons. The molecule has 0 unspecified atom stereocenters. The van der Waals surface area contributed by atoms with Crippen LogP contribution in [0.1, 0.15) is 25.7 Å². The van der Waals surface area contributed by atoms with Crippen LogP contribution >= 0.6 is 0 Å². The summed E-state index contributed by atoms with van der Waals surface area (Å²) in [6.07, 6.45) is 5.68. The Bertz CT molecular complexity index is 465. The number of nitrogens with one attached hydrogen (secondary N) is 1. The third kappa shape index (κ3) is 5.07. The number of nitrogens with zero attached hydrogens (tertiary/aromatic N) is 1. The van der Waals surface area contributed by atoms with Crippen LogP contribution in [0.3, 0.4) is 0 Å². The first-order chi connectivity index (χ1) is 8.56. The molecule has 0 spiro atoms. The Labute approximate surface area is 107 Å². The van der Waals surface area contributed by atoms with Crippen LogP contribution in [-0.4, -0.2) is 26.5 Å². The summed E-state index contributed by atoms with van der Waals surface area (Å²) in [6.45, 7) is 0.990. The topological polar surface area (TPSA) is 85.1 Å². The monoisotopic (exact) mass is 275 g/mol. The van der Waals surface area contributed by atoms with Gasteiger partial charge in [-0.2, -0.15) is 0 Å². The van der Waals surface area contributed by atoms with E-state index in [1.807, 2.05) is 0 Å². The standard InChI is InChI=1S/C11H18FN3O2S/c12-10-7-11(9-14-8-10)18(16,17)15-6-4-2-1-3-5-13/h7-9,15H,1-6,13H2. The molecule has 0 fully saturated rings. The van der Waals surface area contributed by atoms with Crippen molar-refractivity contribution in [3.05, 3.63) is 24.3 Å². The number of hydrogen-bond donors (Lipinski definition) is 2. The summed E-state index contributed by atoms with van der Waals surface area (Å²) in [6, 6.07) is 0.948. The molecule has 0 saturated heterocycles. The van der Waals surface area contributed by atoms with Gasteiger partial charge >= 0.3 is 0 Å². The van der Waals surface area contributed by atoms with E-state index in [1.54, 1.807) is 0 Å². The minimum Gasteiger partial charge on any atom is -0.330 e. The number of aromatic nitrogens is 1. The van der Waals surface area contributed by atoms with E-state index in [-0.39, 0.29) is 4.90 Å². The number of unbranched alkanes of at least 4 members (excludes halogenated alkanes) is 3. The molecule has 0 aromatic carbocycles. The summed E-state index contributed by atoms with van der Waals surface area (Å²) in [5.41, 5.74) is 5.35. The van der Waals surface area contributed by atoms with E-state index >= 15 is 0 Å². The van der Waals surface area contributed by atoms with Crippen molar-refractivity contribution in [2.75, 3.05) is 13.1 Å². The van der Waals surface area contributed by atoms with E-state index in [9.17, 15) is 12.8 Å². The Balaban J connectivity index is 2.41. The molecule has 0 aliphatic heterocycles. The molecule has 1 aromatic rings. The largest absolute Gasteiger partial charge is 0.330 e. The van der Waals surface area contributed by atoms with E-state index < -0.39 is 15.8 Å². The molecule has 1 heterocycles. The molecular formula is C11H18FN3O2S. The molecule has 0 saturated carbocycles. The zero-order valence-corrected chi connectivity index (χ0v) is 10.9. The number of nitrogens with two attached hydrogens (primary N) is 1. The SMILES string of the molecule is NCCCCCCNS(=O)(=O)c1cncc(F)c1. The maximum Gasteiger partial charge on any atom is 0.242 e. The quantitative estimate of drug-likeness (QED) is 0.694. The predicted molar refractivity (Wildman–Crippen MR) is 66.9 cm³/mol. The van der Waals surface area contributed by atoms with Gasteiger partial charge in [0.1, 0.15) is 10.7 Å². The zero-order chi connectivity index (χ0) is 13.4. The van der Waals surface area contributed by atoms with Crippen molar-refractivity contribution in [1.29, 1.82) is 0 Å². The van der Waals surface area contributed by atoms with Gasteiger partial charge in [0.2, 0.25) is 10.0 Å². The van der Waals surface area contributed by atoms with Crippen LogP contribution in [0.2, 0.25) is 0 Å². The van der Waals surface area contributed by atoms with Gasteiger partial charge in [0.25, 0.3) is 0 Å². The summed E-state index contributed by atoms with van der Waals surface area (Å²) in [4.78, 5) is 3.36. The van der Waals surface area contributed by atoms with E-state index in [0.717, 1.165) is 44.1 Å². The van der Waals surface area contributed by atoms with Crippen LogP contribution in [0.25, 0.3) is 0 Å². The molecule has 3 N–H and O–H groups in total.